The molecule has 0 saturated carbocycles. The summed E-state index contributed by atoms with van der Waals surface area (Å²) in [5, 5.41) is -0.231. The molecule has 3 atom stereocenters. The van der Waals surface area contributed by atoms with Crippen molar-refractivity contribution in [1.82, 2.24) is 4.90 Å². The summed E-state index contributed by atoms with van der Waals surface area (Å²) < 4.78 is 21.5. The standard InChI is InChI=1S/C11H23NO2S/c1-3-5-11-6-4-7-12(9-11)8-10(2)15(13)14/h10-11H,3-9H2,1-2H3,(H,13,14)/p-1. The Labute approximate surface area is 95.5 Å². The van der Waals surface area contributed by atoms with Gasteiger partial charge in [-0.15, -0.1) is 0 Å². The Morgan fingerprint density at radius 3 is 2.93 bits per heavy atom. The molecule has 1 rings (SSSR count). The van der Waals surface area contributed by atoms with Crippen molar-refractivity contribution in [3.63, 3.8) is 0 Å². The highest BCUT2D eigenvalue weighted by Gasteiger charge is 2.20. The summed E-state index contributed by atoms with van der Waals surface area (Å²) >= 11 is -1.92. The molecule has 90 valence electrons. The molecule has 0 spiro atoms. The molecule has 1 heterocycles. The molecular formula is C11H22NO2S-. The second-order valence-electron chi connectivity index (χ2n) is 4.63. The first-order chi connectivity index (χ1) is 7.13. The van der Waals surface area contributed by atoms with Gasteiger partial charge in [-0.25, -0.2) is 0 Å². The van der Waals surface area contributed by atoms with E-state index < -0.39 is 11.1 Å². The highest BCUT2D eigenvalue weighted by molar-refractivity contribution is 7.79. The Balaban J connectivity index is 2.32. The second-order valence-corrected chi connectivity index (χ2v) is 5.95. The van der Waals surface area contributed by atoms with Crippen molar-refractivity contribution in [3.8, 4) is 0 Å². The van der Waals surface area contributed by atoms with Gasteiger partial charge in [-0.1, -0.05) is 31.3 Å². The first kappa shape index (κ1) is 13.1. The molecule has 0 radical (unpaired) electrons. The zero-order chi connectivity index (χ0) is 11.3. The van der Waals surface area contributed by atoms with Crippen LogP contribution in [0.3, 0.4) is 0 Å². The van der Waals surface area contributed by atoms with Gasteiger partial charge in [0, 0.05) is 18.3 Å². The molecule has 0 aromatic heterocycles. The third-order valence-corrected chi connectivity index (χ3v) is 3.95. The third-order valence-electron chi connectivity index (χ3n) is 3.14. The van der Waals surface area contributed by atoms with Crippen molar-refractivity contribution in [1.29, 1.82) is 0 Å². The Kier molecular flexibility index (Phi) is 5.79. The molecule has 0 amide bonds. The minimum atomic E-state index is -1.92. The van der Waals surface area contributed by atoms with Crippen LogP contribution in [0.5, 0.6) is 0 Å². The lowest BCUT2D eigenvalue weighted by molar-refractivity contribution is 0.169. The van der Waals surface area contributed by atoms with E-state index in [1.807, 2.05) is 0 Å². The number of piperidine rings is 1. The summed E-state index contributed by atoms with van der Waals surface area (Å²) in [4.78, 5) is 2.31. The van der Waals surface area contributed by atoms with Crippen LogP contribution in [0.4, 0.5) is 0 Å². The largest absolute Gasteiger partial charge is 0.772 e. The number of likely N-dealkylation sites (tertiary alicyclic amines) is 1. The van der Waals surface area contributed by atoms with Crippen LogP contribution in [0.1, 0.15) is 39.5 Å². The molecule has 1 saturated heterocycles. The van der Waals surface area contributed by atoms with Gasteiger partial charge in [0.05, 0.1) is 0 Å². The van der Waals surface area contributed by atoms with Gasteiger partial charge < -0.3 is 9.45 Å². The van der Waals surface area contributed by atoms with Crippen LogP contribution in [-0.4, -0.2) is 38.5 Å². The minimum Gasteiger partial charge on any atom is -0.772 e. The van der Waals surface area contributed by atoms with E-state index in [1.165, 1.54) is 25.7 Å². The van der Waals surface area contributed by atoms with Crippen molar-refractivity contribution in [2.75, 3.05) is 19.6 Å². The average Bonchev–Trinajstić information content (AvgIpc) is 2.18. The molecular weight excluding hydrogens is 210 g/mol. The summed E-state index contributed by atoms with van der Waals surface area (Å²) in [5.74, 6) is 0.788. The van der Waals surface area contributed by atoms with Crippen molar-refractivity contribution in [2.45, 2.75) is 44.8 Å². The molecule has 0 aliphatic carbocycles. The SMILES string of the molecule is CCCC1CCCN(CC(C)S(=O)[O-])C1. The van der Waals surface area contributed by atoms with Gasteiger partial charge in [-0.3, -0.25) is 4.21 Å². The lowest BCUT2D eigenvalue weighted by Crippen LogP contribution is -2.40. The zero-order valence-corrected chi connectivity index (χ0v) is 10.6. The fourth-order valence-electron chi connectivity index (χ4n) is 2.39. The Hall–Kier alpha value is 0.0700. The maximum absolute atomic E-state index is 10.8. The smallest absolute Gasteiger partial charge is 0.0314 e. The van der Waals surface area contributed by atoms with Gasteiger partial charge in [0.2, 0.25) is 0 Å². The monoisotopic (exact) mass is 232 g/mol. The molecule has 1 aliphatic rings. The van der Waals surface area contributed by atoms with E-state index in [0.29, 0.717) is 6.54 Å². The van der Waals surface area contributed by atoms with Gasteiger partial charge in [-0.05, 0) is 31.7 Å². The molecule has 1 fully saturated rings. The van der Waals surface area contributed by atoms with Gasteiger partial charge >= 0.3 is 0 Å². The highest BCUT2D eigenvalue weighted by atomic mass is 32.2. The number of hydrogen-bond donors (Lipinski definition) is 0. The fraction of sp³-hybridized carbons (Fsp3) is 1.00. The van der Waals surface area contributed by atoms with Gasteiger partial charge in [0.25, 0.3) is 0 Å². The molecule has 15 heavy (non-hydrogen) atoms. The quantitative estimate of drug-likeness (QED) is 0.678. The Morgan fingerprint density at radius 2 is 2.33 bits per heavy atom. The predicted molar refractivity (Wildman–Crippen MR) is 62.5 cm³/mol. The lowest BCUT2D eigenvalue weighted by atomic mass is 9.94. The van der Waals surface area contributed by atoms with Crippen molar-refractivity contribution in [3.05, 3.63) is 0 Å². The minimum absolute atomic E-state index is 0.231. The molecule has 1 aliphatic heterocycles. The molecule has 3 nitrogen and oxygen atoms in total. The zero-order valence-electron chi connectivity index (χ0n) is 9.78. The van der Waals surface area contributed by atoms with Crippen LogP contribution in [0, 0.1) is 5.92 Å². The summed E-state index contributed by atoms with van der Waals surface area (Å²) in [6, 6.07) is 0. The van der Waals surface area contributed by atoms with Crippen LogP contribution in [-0.2, 0) is 11.1 Å². The molecule has 3 unspecified atom stereocenters. The topological polar surface area (TPSA) is 43.4 Å². The van der Waals surface area contributed by atoms with Crippen molar-refractivity contribution >= 4 is 11.1 Å². The summed E-state index contributed by atoms with van der Waals surface area (Å²) in [6.45, 7) is 6.87. The van der Waals surface area contributed by atoms with Crippen molar-refractivity contribution < 1.29 is 8.76 Å². The third kappa shape index (κ3) is 4.62. The first-order valence-corrected chi connectivity index (χ1v) is 7.07. The summed E-state index contributed by atoms with van der Waals surface area (Å²) in [5.41, 5.74) is 0. The first-order valence-electron chi connectivity index (χ1n) is 5.94. The lowest BCUT2D eigenvalue weighted by Gasteiger charge is -2.34. The van der Waals surface area contributed by atoms with E-state index in [9.17, 15) is 8.76 Å². The number of rotatable bonds is 5. The summed E-state index contributed by atoms with van der Waals surface area (Å²) in [6.07, 6.45) is 5.06. The van der Waals surface area contributed by atoms with Gasteiger partial charge in [0.1, 0.15) is 0 Å². The molecule has 0 aromatic carbocycles. The second kappa shape index (κ2) is 6.61. The van der Waals surface area contributed by atoms with Crippen molar-refractivity contribution in [2.24, 2.45) is 5.92 Å². The van der Waals surface area contributed by atoms with Crippen LogP contribution in [0.2, 0.25) is 0 Å². The van der Waals surface area contributed by atoms with E-state index in [2.05, 4.69) is 11.8 Å². The van der Waals surface area contributed by atoms with E-state index in [-0.39, 0.29) is 5.25 Å². The molecule has 0 aromatic rings. The van der Waals surface area contributed by atoms with Crippen LogP contribution in [0.25, 0.3) is 0 Å². The van der Waals surface area contributed by atoms with E-state index >= 15 is 0 Å². The number of nitrogens with zero attached hydrogens (tertiary/aromatic N) is 1. The predicted octanol–water partition coefficient (Wildman–Crippen LogP) is 1.77. The van der Waals surface area contributed by atoms with Crippen LogP contribution >= 0.6 is 0 Å². The maximum Gasteiger partial charge on any atom is 0.0314 e. The van der Waals surface area contributed by atoms with Crippen LogP contribution in [0.15, 0.2) is 0 Å². The fourth-order valence-corrected chi connectivity index (χ4v) is 2.72. The normalized spacial score (nSPS) is 27.5. The van der Waals surface area contributed by atoms with Crippen LogP contribution < -0.4 is 0 Å². The van der Waals surface area contributed by atoms with Gasteiger partial charge in [-0.2, -0.15) is 0 Å². The van der Waals surface area contributed by atoms with E-state index in [4.69, 9.17) is 0 Å². The molecule has 4 heteroatoms. The molecule has 0 N–H and O–H groups in total. The average molecular weight is 232 g/mol. The summed E-state index contributed by atoms with van der Waals surface area (Å²) in [7, 11) is 0. The van der Waals surface area contributed by atoms with Gasteiger partial charge in [0.15, 0.2) is 0 Å². The van der Waals surface area contributed by atoms with E-state index in [1.54, 1.807) is 6.92 Å². The Morgan fingerprint density at radius 1 is 1.60 bits per heavy atom. The Bertz CT molecular complexity index is 209. The van der Waals surface area contributed by atoms with E-state index in [0.717, 1.165) is 19.0 Å². The highest BCUT2D eigenvalue weighted by Crippen LogP contribution is 2.21. The number of hydrogen-bond acceptors (Lipinski definition) is 3. The molecule has 0 bridgehead atoms. The maximum atomic E-state index is 10.8.